The van der Waals surface area contributed by atoms with Crippen LogP contribution in [0.4, 0.5) is 32.4 Å². The van der Waals surface area contributed by atoms with Crippen molar-refractivity contribution in [2.24, 2.45) is 0 Å². The van der Waals surface area contributed by atoms with Crippen LogP contribution in [-0.4, -0.2) is 72.0 Å². The van der Waals surface area contributed by atoms with Crippen LogP contribution in [0.15, 0.2) is 54.9 Å². The lowest BCUT2D eigenvalue weighted by Gasteiger charge is -2.37. The molecule has 2 heterocycles. The van der Waals surface area contributed by atoms with Crippen molar-refractivity contribution < 1.29 is 50.4 Å². The van der Waals surface area contributed by atoms with E-state index in [1.807, 2.05) is 6.92 Å². The molecule has 1 aliphatic heterocycles. The normalized spacial score (nSPS) is 21.6. The van der Waals surface area contributed by atoms with Crippen LogP contribution in [0.3, 0.4) is 0 Å². The monoisotopic (exact) mass is 572 g/mol. The molecular formula is C25H25F5N4O6. The number of halogens is 5. The molecule has 1 fully saturated rings. The van der Waals surface area contributed by atoms with Gasteiger partial charge in [-0.25, -0.2) is 14.5 Å². The Hall–Kier alpha value is -3.82. The fourth-order valence-corrected chi connectivity index (χ4v) is 3.87. The summed E-state index contributed by atoms with van der Waals surface area (Å²) in [5.74, 6) is -0.382. The molecular weight excluding hydrogens is 547 g/mol. The van der Waals surface area contributed by atoms with Crippen LogP contribution in [0, 0.1) is 0 Å². The highest BCUT2D eigenvalue weighted by Gasteiger charge is 2.61. The maximum absolute atomic E-state index is 13.1. The molecule has 10 nitrogen and oxygen atoms in total. The molecule has 3 aromatic rings. The second-order valence-corrected chi connectivity index (χ2v) is 8.72. The molecule has 0 saturated carbocycles. The van der Waals surface area contributed by atoms with Gasteiger partial charge in [0, 0.05) is 31.9 Å². The van der Waals surface area contributed by atoms with Crippen LogP contribution < -0.4 is 10.1 Å². The number of benzene rings is 2. The fourth-order valence-electron chi connectivity index (χ4n) is 3.87. The Kier molecular flexibility index (Phi) is 8.56. The molecule has 1 saturated heterocycles. The van der Waals surface area contributed by atoms with Crippen molar-refractivity contribution in [2.45, 2.75) is 50.2 Å². The van der Waals surface area contributed by atoms with Crippen molar-refractivity contribution in [1.82, 2.24) is 14.8 Å². The average molecular weight is 572 g/mol. The molecule has 2 unspecified atom stereocenters. The van der Waals surface area contributed by atoms with Gasteiger partial charge in [-0.15, -0.1) is 5.10 Å². The zero-order chi connectivity index (χ0) is 29.1. The molecule has 15 heteroatoms. The minimum atomic E-state index is -5.85. The molecule has 2 aromatic carbocycles. The van der Waals surface area contributed by atoms with Gasteiger partial charge in [-0.05, 0) is 55.5 Å². The van der Waals surface area contributed by atoms with Crippen LogP contribution in [0.1, 0.15) is 13.3 Å². The zero-order valence-electron chi connectivity index (χ0n) is 21.4. The van der Waals surface area contributed by atoms with Gasteiger partial charge >= 0.3 is 18.4 Å². The zero-order valence-corrected chi connectivity index (χ0v) is 21.4. The first-order chi connectivity index (χ1) is 18.9. The fraction of sp³-hybridized carbons (Fsp3) is 0.400. The summed E-state index contributed by atoms with van der Waals surface area (Å²) in [4.78, 5) is 16.6. The lowest BCUT2D eigenvalue weighted by molar-refractivity contribution is -0.360. The van der Waals surface area contributed by atoms with Crippen molar-refractivity contribution in [3.63, 3.8) is 0 Å². The summed E-state index contributed by atoms with van der Waals surface area (Å²) in [5, 5.41) is 6.89. The lowest BCUT2D eigenvalue weighted by Crippen LogP contribution is -2.49. The van der Waals surface area contributed by atoms with Crippen LogP contribution in [0.25, 0.3) is 17.1 Å². The summed E-state index contributed by atoms with van der Waals surface area (Å²) < 4.78 is 90.1. The van der Waals surface area contributed by atoms with E-state index in [9.17, 15) is 26.7 Å². The molecule has 4 atom stereocenters. The molecule has 1 aromatic heterocycles. The van der Waals surface area contributed by atoms with Crippen molar-refractivity contribution in [1.29, 1.82) is 0 Å². The van der Waals surface area contributed by atoms with E-state index in [1.54, 1.807) is 31.4 Å². The van der Waals surface area contributed by atoms with Crippen LogP contribution in [0.2, 0.25) is 0 Å². The number of nitrogens with one attached hydrogen (secondary N) is 1. The Morgan fingerprint density at radius 3 is 2.25 bits per heavy atom. The predicted octanol–water partition coefficient (Wildman–Crippen LogP) is 5.18. The molecule has 1 aliphatic rings. The van der Waals surface area contributed by atoms with Gasteiger partial charge in [0.05, 0.1) is 17.9 Å². The Labute approximate surface area is 224 Å². The molecule has 0 spiro atoms. The van der Waals surface area contributed by atoms with E-state index in [0.29, 0.717) is 29.2 Å². The molecule has 216 valence electrons. The topological polar surface area (TPSA) is 106 Å². The largest absolute Gasteiger partial charge is 0.499 e. The summed E-state index contributed by atoms with van der Waals surface area (Å²) >= 11 is 0. The highest BCUT2D eigenvalue weighted by molar-refractivity contribution is 5.85. The first-order valence-corrected chi connectivity index (χ1v) is 11.8. The molecule has 1 N–H and O–H groups in total. The Morgan fingerprint density at radius 2 is 1.65 bits per heavy atom. The second kappa shape index (κ2) is 11.7. The van der Waals surface area contributed by atoms with E-state index in [4.69, 9.17) is 18.9 Å². The number of amides is 1. The molecule has 0 radical (unpaired) electrons. The third kappa shape index (κ3) is 6.66. The maximum Gasteiger partial charge on any atom is 0.499 e. The number of methoxy groups -OCH3 is 2. The third-order valence-electron chi connectivity index (χ3n) is 6.03. The number of carbonyl (C=O) groups excluding carboxylic acids is 1. The Balaban J connectivity index is 1.35. The van der Waals surface area contributed by atoms with Crippen molar-refractivity contribution in [3.05, 3.63) is 54.9 Å². The van der Waals surface area contributed by atoms with Crippen molar-refractivity contribution in [2.75, 3.05) is 19.5 Å². The predicted molar refractivity (Wildman–Crippen MR) is 129 cm³/mol. The third-order valence-corrected chi connectivity index (χ3v) is 6.03. The number of nitrogens with zero attached hydrogens (tertiary/aromatic N) is 3. The van der Waals surface area contributed by atoms with Crippen molar-refractivity contribution in [3.8, 4) is 22.8 Å². The van der Waals surface area contributed by atoms with Crippen molar-refractivity contribution >= 4 is 11.8 Å². The van der Waals surface area contributed by atoms with Gasteiger partial charge in [0.15, 0.2) is 5.82 Å². The van der Waals surface area contributed by atoms with Gasteiger partial charge in [0.2, 0.25) is 6.29 Å². The lowest BCUT2D eigenvalue weighted by atomic mass is 10.0. The van der Waals surface area contributed by atoms with E-state index in [0.717, 1.165) is 12.1 Å². The van der Waals surface area contributed by atoms with Gasteiger partial charge in [0.1, 0.15) is 18.2 Å². The molecule has 4 rings (SSSR count). The van der Waals surface area contributed by atoms with E-state index < -0.39 is 36.5 Å². The van der Waals surface area contributed by atoms with Gasteiger partial charge in [0.25, 0.3) is 0 Å². The van der Waals surface area contributed by atoms with Gasteiger partial charge in [-0.1, -0.05) is 0 Å². The summed E-state index contributed by atoms with van der Waals surface area (Å²) in [6, 6.07) is 10.9. The van der Waals surface area contributed by atoms with E-state index in [-0.39, 0.29) is 12.2 Å². The minimum Gasteiger partial charge on any atom is -0.426 e. The average Bonchev–Trinajstić information content (AvgIpc) is 3.39. The van der Waals surface area contributed by atoms with E-state index >= 15 is 0 Å². The minimum absolute atomic E-state index is 0.192. The molecule has 40 heavy (non-hydrogen) atoms. The quantitative estimate of drug-likeness (QED) is 0.368. The van der Waals surface area contributed by atoms with E-state index in [2.05, 4.69) is 20.1 Å². The molecule has 0 aliphatic carbocycles. The highest BCUT2D eigenvalue weighted by atomic mass is 19.4. The number of carbonyl (C=O) groups is 1. The standard InChI is InChI=1S/C25H25F5N4O6/c1-14-19(36-2)12-20(37-3)22(38-14)39-23(35)32-16-6-4-15(5-7-16)21-31-13-34(33-21)17-8-10-18(11-9-17)40-25(29,30)24(26,27)28/h4-11,13-14,19-20,22H,12H2,1-3H3,(H,32,35)/t14-,19?,20+,22?/m0/s1. The SMILES string of the molecule is COC1C[C@@H](OC)C(OC(=O)Nc2ccc(-c3ncn(-c4ccc(OC(F)(F)C(F)(F)F)cc4)n3)cc2)O[C@H]1C. The Morgan fingerprint density at radius 1 is 1.00 bits per heavy atom. The summed E-state index contributed by atoms with van der Waals surface area (Å²) in [7, 11) is 3.06. The van der Waals surface area contributed by atoms with Gasteiger partial charge in [-0.3, -0.25) is 5.32 Å². The van der Waals surface area contributed by atoms with Gasteiger partial charge in [-0.2, -0.15) is 22.0 Å². The smallest absolute Gasteiger partial charge is 0.426 e. The summed E-state index contributed by atoms with van der Waals surface area (Å²) in [5.41, 5.74) is 1.34. The number of rotatable bonds is 8. The first-order valence-electron chi connectivity index (χ1n) is 11.8. The summed E-state index contributed by atoms with van der Waals surface area (Å²) in [6.07, 6.45) is -12.0. The number of aromatic nitrogens is 3. The second-order valence-electron chi connectivity index (χ2n) is 8.72. The Bertz CT molecular complexity index is 1290. The first kappa shape index (κ1) is 29.2. The number of hydrogen-bond donors (Lipinski definition) is 1. The molecule has 0 bridgehead atoms. The number of hydrogen-bond acceptors (Lipinski definition) is 8. The van der Waals surface area contributed by atoms with Crippen LogP contribution >= 0.6 is 0 Å². The number of alkyl halides is 5. The summed E-state index contributed by atoms with van der Waals surface area (Å²) in [6.45, 7) is 1.81. The number of anilines is 1. The van der Waals surface area contributed by atoms with Crippen LogP contribution in [0.5, 0.6) is 5.75 Å². The molecule has 1 amide bonds. The van der Waals surface area contributed by atoms with Crippen LogP contribution in [-0.2, 0) is 18.9 Å². The highest BCUT2D eigenvalue weighted by Crippen LogP contribution is 2.37. The maximum atomic E-state index is 13.1. The van der Waals surface area contributed by atoms with E-state index in [1.165, 1.54) is 30.3 Å². The number of ether oxygens (including phenoxy) is 5. The van der Waals surface area contributed by atoms with Gasteiger partial charge < -0.3 is 23.7 Å².